The number of methoxy groups -OCH3 is 1. The third-order valence-corrected chi connectivity index (χ3v) is 2.51. The molecule has 0 bridgehead atoms. The SMILES string of the molecule is CCNC(C)c1ncc(C(C)(C)OC)o1. The Hall–Kier alpha value is -0.870. The van der Waals surface area contributed by atoms with Gasteiger partial charge in [0.1, 0.15) is 5.60 Å². The molecule has 0 saturated carbocycles. The fourth-order valence-corrected chi connectivity index (χ4v) is 1.26. The van der Waals surface area contributed by atoms with Crippen LogP contribution in [0.25, 0.3) is 0 Å². The van der Waals surface area contributed by atoms with Crippen LogP contribution in [0.4, 0.5) is 0 Å². The molecule has 4 nitrogen and oxygen atoms in total. The van der Waals surface area contributed by atoms with E-state index in [1.54, 1.807) is 13.3 Å². The molecule has 0 fully saturated rings. The molecule has 1 N–H and O–H groups in total. The second kappa shape index (κ2) is 4.77. The van der Waals surface area contributed by atoms with Crippen molar-refractivity contribution in [1.29, 1.82) is 0 Å². The molecule has 0 aliphatic rings. The monoisotopic (exact) mass is 212 g/mol. The van der Waals surface area contributed by atoms with Crippen molar-refractivity contribution in [1.82, 2.24) is 10.3 Å². The zero-order valence-corrected chi connectivity index (χ0v) is 10.1. The van der Waals surface area contributed by atoms with Gasteiger partial charge in [0.25, 0.3) is 0 Å². The van der Waals surface area contributed by atoms with Gasteiger partial charge in [-0.1, -0.05) is 6.92 Å². The van der Waals surface area contributed by atoms with Crippen molar-refractivity contribution in [3.05, 3.63) is 17.8 Å². The Balaban J connectivity index is 2.80. The van der Waals surface area contributed by atoms with Gasteiger partial charge in [0, 0.05) is 7.11 Å². The molecule has 0 amide bonds. The molecule has 1 heterocycles. The first kappa shape index (κ1) is 12.2. The van der Waals surface area contributed by atoms with Crippen molar-refractivity contribution in [2.45, 2.75) is 39.3 Å². The molecule has 0 radical (unpaired) electrons. The van der Waals surface area contributed by atoms with E-state index in [4.69, 9.17) is 9.15 Å². The summed E-state index contributed by atoms with van der Waals surface area (Å²) in [6.45, 7) is 8.88. The van der Waals surface area contributed by atoms with Gasteiger partial charge in [-0.05, 0) is 27.3 Å². The van der Waals surface area contributed by atoms with Gasteiger partial charge < -0.3 is 14.5 Å². The third kappa shape index (κ3) is 2.79. The molecule has 1 atom stereocenters. The lowest BCUT2D eigenvalue weighted by atomic mass is 10.1. The average molecular weight is 212 g/mol. The Morgan fingerprint density at radius 3 is 2.80 bits per heavy atom. The van der Waals surface area contributed by atoms with Crippen molar-refractivity contribution in [2.24, 2.45) is 0 Å². The summed E-state index contributed by atoms with van der Waals surface area (Å²) in [5.74, 6) is 1.46. The highest BCUT2D eigenvalue weighted by Crippen LogP contribution is 2.25. The molecule has 15 heavy (non-hydrogen) atoms. The van der Waals surface area contributed by atoms with Crippen LogP contribution >= 0.6 is 0 Å². The lowest BCUT2D eigenvalue weighted by Crippen LogP contribution is -2.19. The molecule has 0 aromatic carbocycles. The number of rotatable bonds is 5. The van der Waals surface area contributed by atoms with Gasteiger partial charge in [0.15, 0.2) is 5.76 Å². The van der Waals surface area contributed by atoms with E-state index in [2.05, 4.69) is 17.2 Å². The molecule has 1 rings (SSSR count). The largest absolute Gasteiger partial charge is 0.441 e. The van der Waals surface area contributed by atoms with E-state index in [0.717, 1.165) is 12.3 Å². The maximum atomic E-state index is 5.66. The molecule has 0 spiro atoms. The number of aromatic nitrogens is 1. The Morgan fingerprint density at radius 2 is 2.27 bits per heavy atom. The Morgan fingerprint density at radius 1 is 1.60 bits per heavy atom. The summed E-state index contributed by atoms with van der Waals surface area (Å²) in [4.78, 5) is 4.24. The molecule has 4 heteroatoms. The highest BCUT2D eigenvalue weighted by atomic mass is 16.5. The van der Waals surface area contributed by atoms with Crippen molar-refractivity contribution < 1.29 is 9.15 Å². The molecule has 0 aliphatic heterocycles. The van der Waals surface area contributed by atoms with Gasteiger partial charge in [-0.2, -0.15) is 0 Å². The van der Waals surface area contributed by atoms with Crippen molar-refractivity contribution in [2.75, 3.05) is 13.7 Å². The summed E-state index contributed by atoms with van der Waals surface area (Å²) in [6.07, 6.45) is 1.73. The Bertz CT molecular complexity index is 307. The zero-order valence-electron chi connectivity index (χ0n) is 10.1. The summed E-state index contributed by atoms with van der Waals surface area (Å²) in [7, 11) is 1.66. The molecule has 1 aromatic heterocycles. The Kier molecular flexibility index (Phi) is 3.88. The van der Waals surface area contributed by atoms with Crippen LogP contribution in [0.2, 0.25) is 0 Å². The first-order valence-electron chi connectivity index (χ1n) is 5.26. The van der Waals surface area contributed by atoms with Crippen molar-refractivity contribution in [3.63, 3.8) is 0 Å². The van der Waals surface area contributed by atoms with Gasteiger partial charge in [-0.3, -0.25) is 0 Å². The van der Waals surface area contributed by atoms with Crippen LogP contribution in [-0.4, -0.2) is 18.6 Å². The normalized spacial score (nSPS) is 14.2. The van der Waals surface area contributed by atoms with Gasteiger partial charge in [0.05, 0.1) is 12.2 Å². The molecular formula is C11H20N2O2. The standard InChI is InChI=1S/C11H20N2O2/c1-6-12-8(2)10-13-7-9(15-10)11(3,4)14-5/h7-8,12H,6H2,1-5H3. The molecular weight excluding hydrogens is 192 g/mol. The minimum absolute atomic E-state index is 0.136. The van der Waals surface area contributed by atoms with Gasteiger partial charge in [-0.15, -0.1) is 0 Å². The van der Waals surface area contributed by atoms with Crippen LogP contribution in [0.3, 0.4) is 0 Å². The summed E-state index contributed by atoms with van der Waals surface area (Å²) in [5.41, 5.74) is -0.419. The van der Waals surface area contributed by atoms with Gasteiger partial charge in [0.2, 0.25) is 5.89 Å². The summed E-state index contributed by atoms with van der Waals surface area (Å²) in [6, 6.07) is 0.136. The molecule has 1 aromatic rings. The van der Waals surface area contributed by atoms with E-state index >= 15 is 0 Å². The van der Waals surface area contributed by atoms with E-state index in [9.17, 15) is 0 Å². The number of oxazole rings is 1. The van der Waals surface area contributed by atoms with E-state index < -0.39 is 5.60 Å². The van der Waals surface area contributed by atoms with E-state index in [0.29, 0.717) is 5.89 Å². The number of ether oxygens (including phenoxy) is 1. The fraction of sp³-hybridized carbons (Fsp3) is 0.727. The average Bonchev–Trinajstić information content (AvgIpc) is 2.67. The van der Waals surface area contributed by atoms with E-state index in [1.807, 2.05) is 20.8 Å². The van der Waals surface area contributed by atoms with Crippen molar-refractivity contribution >= 4 is 0 Å². The smallest absolute Gasteiger partial charge is 0.211 e. The fourth-order valence-electron chi connectivity index (χ4n) is 1.26. The number of hydrogen-bond acceptors (Lipinski definition) is 4. The van der Waals surface area contributed by atoms with Crippen molar-refractivity contribution in [3.8, 4) is 0 Å². The summed E-state index contributed by atoms with van der Waals surface area (Å²) >= 11 is 0. The first-order chi connectivity index (χ1) is 7.01. The topological polar surface area (TPSA) is 47.3 Å². The molecule has 86 valence electrons. The minimum Gasteiger partial charge on any atom is -0.441 e. The summed E-state index contributed by atoms with van der Waals surface area (Å²) < 4.78 is 11.0. The first-order valence-corrected chi connectivity index (χ1v) is 5.26. The highest BCUT2D eigenvalue weighted by Gasteiger charge is 2.25. The van der Waals surface area contributed by atoms with Crippen LogP contribution in [-0.2, 0) is 10.3 Å². The van der Waals surface area contributed by atoms with Gasteiger partial charge >= 0.3 is 0 Å². The second-order valence-electron chi connectivity index (χ2n) is 4.06. The van der Waals surface area contributed by atoms with Crippen LogP contribution in [0.15, 0.2) is 10.6 Å². The molecule has 0 saturated heterocycles. The Labute approximate surface area is 91.0 Å². The quantitative estimate of drug-likeness (QED) is 0.813. The maximum absolute atomic E-state index is 5.66. The van der Waals surface area contributed by atoms with Crippen LogP contribution < -0.4 is 5.32 Å². The third-order valence-electron chi connectivity index (χ3n) is 2.51. The summed E-state index contributed by atoms with van der Waals surface area (Å²) in [5, 5.41) is 3.25. The lowest BCUT2D eigenvalue weighted by molar-refractivity contribution is -0.000249. The van der Waals surface area contributed by atoms with E-state index in [-0.39, 0.29) is 6.04 Å². The number of nitrogens with one attached hydrogen (secondary N) is 1. The van der Waals surface area contributed by atoms with Crippen LogP contribution in [0.1, 0.15) is 45.4 Å². The predicted octanol–water partition coefficient (Wildman–Crippen LogP) is 2.23. The lowest BCUT2D eigenvalue weighted by Gasteiger charge is -2.19. The molecule has 0 aliphatic carbocycles. The number of hydrogen-bond donors (Lipinski definition) is 1. The van der Waals surface area contributed by atoms with Crippen LogP contribution in [0.5, 0.6) is 0 Å². The second-order valence-corrected chi connectivity index (χ2v) is 4.06. The maximum Gasteiger partial charge on any atom is 0.211 e. The van der Waals surface area contributed by atoms with E-state index in [1.165, 1.54) is 0 Å². The minimum atomic E-state index is -0.419. The molecule has 1 unspecified atom stereocenters. The highest BCUT2D eigenvalue weighted by molar-refractivity contribution is 5.05. The van der Waals surface area contributed by atoms with Crippen LogP contribution in [0, 0.1) is 0 Å². The zero-order chi connectivity index (χ0) is 11.5. The number of nitrogens with zero attached hydrogens (tertiary/aromatic N) is 1. The predicted molar refractivity (Wildman–Crippen MR) is 58.6 cm³/mol. The van der Waals surface area contributed by atoms with Gasteiger partial charge in [-0.25, -0.2) is 4.98 Å².